The number of pyridine rings is 1. The number of rotatable bonds is 1. The highest BCUT2D eigenvalue weighted by molar-refractivity contribution is 6.34. The lowest BCUT2D eigenvalue weighted by Crippen LogP contribution is -2.34. The molecule has 0 unspecified atom stereocenters. The second kappa shape index (κ2) is 3.75. The lowest BCUT2D eigenvalue weighted by atomic mass is 10.2. The fourth-order valence-electron chi connectivity index (χ4n) is 0.780. The molecular formula is C7H2Cl2F5N. The Morgan fingerprint density at radius 1 is 1.07 bits per heavy atom. The lowest BCUT2D eigenvalue weighted by Gasteiger charge is -2.19. The number of nitrogens with zero attached hydrogens (tertiary/aromatic N) is 1. The molecule has 1 aromatic rings. The second-order valence-corrected chi connectivity index (χ2v) is 3.40. The van der Waals surface area contributed by atoms with Gasteiger partial charge in [0.25, 0.3) is 0 Å². The van der Waals surface area contributed by atoms with E-state index in [0.717, 1.165) is 6.07 Å². The van der Waals surface area contributed by atoms with E-state index in [2.05, 4.69) is 4.98 Å². The Kier molecular flexibility index (Phi) is 3.11. The summed E-state index contributed by atoms with van der Waals surface area (Å²) in [6.45, 7) is 0. The monoisotopic (exact) mass is 265 g/mol. The van der Waals surface area contributed by atoms with Crippen molar-refractivity contribution in [2.24, 2.45) is 0 Å². The van der Waals surface area contributed by atoms with Crippen molar-refractivity contribution in [2.75, 3.05) is 0 Å². The first-order valence-corrected chi connectivity index (χ1v) is 4.18. The Labute approximate surface area is 90.8 Å². The molecule has 0 spiro atoms. The molecule has 0 radical (unpaired) electrons. The molecule has 1 nitrogen and oxygen atoms in total. The molecule has 0 bridgehead atoms. The van der Waals surface area contributed by atoms with E-state index in [1.807, 2.05) is 0 Å². The minimum absolute atomic E-state index is 0.123. The molecule has 0 aromatic carbocycles. The predicted octanol–water partition coefficient (Wildman–Crippen LogP) is 4.04. The maximum absolute atomic E-state index is 12.7. The van der Waals surface area contributed by atoms with Crippen LogP contribution in [0.2, 0.25) is 10.0 Å². The van der Waals surface area contributed by atoms with Gasteiger partial charge in [-0.15, -0.1) is 0 Å². The van der Waals surface area contributed by atoms with Crippen molar-refractivity contribution < 1.29 is 22.0 Å². The summed E-state index contributed by atoms with van der Waals surface area (Å²) >= 11 is 10.5. The molecular weight excluding hydrogens is 264 g/mol. The second-order valence-electron chi connectivity index (χ2n) is 2.56. The number of hydrogen-bond acceptors (Lipinski definition) is 1. The first-order chi connectivity index (χ1) is 6.66. The molecule has 0 N–H and O–H groups in total. The summed E-state index contributed by atoms with van der Waals surface area (Å²) in [4.78, 5) is 2.88. The lowest BCUT2D eigenvalue weighted by molar-refractivity contribution is -0.290. The molecule has 0 amide bonds. The van der Waals surface area contributed by atoms with Crippen molar-refractivity contribution >= 4 is 23.2 Å². The molecule has 0 aliphatic carbocycles. The van der Waals surface area contributed by atoms with Crippen LogP contribution in [0.1, 0.15) is 5.69 Å². The van der Waals surface area contributed by atoms with Gasteiger partial charge in [-0.2, -0.15) is 22.0 Å². The topological polar surface area (TPSA) is 12.9 Å². The molecule has 84 valence electrons. The van der Waals surface area contributed by atoms with E-state index in [0.29, 0.717) is 6.20 Å². The zero-order chi connectivity index (χ0) is 11.9. The van der Waals surface area contributed by atoms with Gasteiger partial charge in [-0.1, -0.05) is 23.2 Å². The third-order valence-electron chi connectivity index (χ3n) is 1.46. The molecule has 0 saturated carbocycles. The van der Waals surface area contributed by atoms with Crippen molar-refractivity contribution in [1.29, 1.82) is 0 Å². The molecule has 0 fully saturated rings. The third kappa shape index (κ3) is 2.31. The zero-order valence-corrected chi connectivity index (χ0v) is 8.26. The van der Waals surface area contributed by atoms with E-state index in [4.69, 9.17) is 23.2 Å². The van der Waals surface area contributed by atoms with Gasteiger partial charge in [0.15, 0.2) is 0 Å². The minimum Gasteiger partial charge on any atom is -0.251 e. The van der Waals surface area contributed by atoms with Crippen LogP contribution in [0.3, 0.4) is 0 Å². The molecule has 0 saturated heterocycles. The molecule has 8 heteroatoms. The van der Waals surface area contributed by atoms with Crippen molar-refractivity contribution in [2.45, 2.75) is 12.1 Å². The third-order valence-corrected chi connectivity index (χ3v) is 1.96. The fraction of sp³-hybridized carbons (Fsp3) is 0.286. The van der Waals surface area contributed by atoms with Gasteiger partial charge in [0, 0.05) is 6.20 Å². The van der Waals surface area contributed by atoms with Crippen molar-refractivity contribution in [3.8, 4) is 0 Å². The maximum Gasteiger partial charge on any atom is 0.459 e. The van der Waals surface area contributed by atoms with E-state index in [1.54, 1.807) is 0 Å². The molecule has 0 atom stereocenters. The van der Waals surface area contributed by atoms with Gasteiger partial charge < -0.3 is 0 Å². The molecule has 1 rings (SSSR count). The average Bonchev–Trinajstić information content (AvgIpc) is 2.00. The fourth-order valence-corrected chi connectivity index (χ4v) is 1.28. The number of alkyl halides is 5. The van der Waals surface area contributed by atoms with Crippen molar-refractivity contribution in [3.05, 3.63) is 28.0 Å². The van der Waals surface area contributed by atoms with Gasteiger partial charge in [0.05, 0.1) is 10.0 Å². The predicted molar refractivity (Wildman–Crippen MR) is 44.2 cm³/mol. The van der Waals surface area contributed by atoms with Crippen LogP contribution in [0, 0.1) is 0 Å². The number of aromatic nitrogens is 1. The maximum atomic E-state index is 12.7. The van der Waals surface area contributed by atoms with Crippen LogP contribution in [0.15, 0.2) is 12.3 Å². The largest absolute Gasteiger partial charge is 0.459 e. The van der Waals surface area contributed by atoms with Crippen LogP contribution in [0.5, 0.6) is 0 Å². The van der Waals surface area contributed by atoms with E-state index < -0.39 is 22.8 Å². The van der Waals surface area contributed by atoms with E-state index in [1.165, 1.54) is 0 Å². The van der Waals surface area contributed by atoms with Crippen LogP contribution >= 0.6 is 23.2 Å². The van der Waals surface area contributed by atoms with E-state index in [9.17, 15) is 22.0 Å². The number of halogens is 7. The van der Waals surface area contributed by atoms with Crippen LogP contribution in [-0.4, -0.2) is 11.2 Å². The Balaban J connectivity index is 3.28. The first-order valence-electron chi connectivity index (χ1n) is 3.42. The molecule has 1 heterocycles. The van der Waals surface area contributed by atoms with Gasteiger partial charge in [-0.25, -0.2) is 0 Å². The molecule has 1 aromatic heterocycles. The van der Waals surface area contributed by atoms with Crippen LogP contribution in [-0.2, 0) is 5.92 Å². The van der Waals surface area contributed by atoms with Gasteiger partial charge in [-0.3, -0.25) is 4.98 Å². The van der Waals surface area contributed by atoms with Gasteiger partial charge in [-0.05, 0) is 6.07 Å². The normalized spacial score (nSPS) is 13.0. The summed E-state index contributed by atoms with van der Waals surface area (Å²) in [7, 11) is 0. The Morgan fingerprint density at radius 2 is 1.60 bits per heavy atom. The SMILES string of the molecule is FC(F)(F)C(F)(F)c1ncc(Cl)cc1Cl. The summed E-state index contributed by atoms with van der Waals surface area (Å²) in [5.41, 5.74) is -1.55. The quantitative estimate of drug-likeness (QED) is 0.699. The average molecular weight is 266 g/mol. The van der Waals surface area contributed by atoms with Gasteiger partial charge in [0.2, 0.25) is 0 Å². The minimum atomic E-state index is -5.74. The molecule has 0 aliphatic rings. The molecule has 15 heavy (non-hydrogen) atoms. The first kappa shape index (κ1) is 12.4. The highest BCUT2D eigenvalue weighted by atomic mass is 35.5. The highest BCUT2D eigenvalue weighted by Gasteiger charge is 2.60. The van der Waals surface area contributed by atoms with Crippen LogP contribution in [0.4, 0.5) is 22.0 Å². The number of hydrogen-bond donors (Lipinski definition) is 0. The Morgan fingerprint density at radius 3 is 2.00 bits per heavy atom. The molecule has 0 aliphatic heterocycles. The van der Waals surface area contributed by atoms with Crippen LogP contribution < -0.4 is 0 Å². The summed E-state index contributed by atoms with van der Waals surface area (Å²) in [5, 5.41) is -0.952. The summed E-state index contributed by atoms with van der Waals surface area (Å²) < 4.78 is 61.2. The Hall–Kier alpha value is -0.620. The Bertz CT molecular complexity index is 376. The van der Waals surface area contributed by atoms with Gasteiger partial charge in [0.1, 0.15) is 5.69 Å². The standard InChI is InChI=1S/C7H2Cl2F5N/c8-3-1-4(9)5(15-2-3)6(10,11)7(12,13)14/h1-2H. The summed E-state index contributed by atoms with van der Waals surface area (Å²) in [5.74, 6) is -5.09. The van der Waals surface area contributed by atoms with Crippen molar-refractivity contribution in [1.82, 2.24) is 4.98 Å². The van der Waals surface area contributed by atoms with Crippen molar-refractivity contribution in [3.63, 3.8) is 0 Å². The van der Waals surface area contributed by atoms with E-state index in [-0.39, 0.29) is 5.02 Å². The van der Waals surface area contributed by atoms with Gasteiger partial charge >= 0.3 is 12.1 Å². The zero-order valence-electron chi connectivity index (χ0n) is 6.75. The summed E-state index contributed by atoms with van der Waals surface area (Å²) in [6.07, 6.45) is -5.07. The smallest absolute Gasteiger partial charge is 0.251 e. The highest BCUT2D eigenvalue weighted by Crippen LogP contribution is 2.45. The van der Waals surface area contributed by atoms with Crippen LogP contribution in [0.25, 0.3) is 0 Å². The summed E-state index contributed by atoms with van der Waals surface area (Å²) in [6, 6.07) is 0.769. The van der Waals surface area contributed by atoms with E-state index >= 15 is 0 Å².